The number of nitrogens with one attached hydrogen (secondary N) is 2. The third-order valence-corrected chi connectivity index (χ3v) is 4.32. The Labute approximate surface area is 160 Å². The molecule has 0 aromatic heterocycles. The highest BCUT2D eigenvalue weighted by Gasteiger charge is 2.23. The zero-order chi connectivity index (χ0) is 19.6. The van der Waals surface area contributed by atoms with Crippen LogP contribution in [0, 0.1) is 0 Å². The number of carbonyl (C=O) groups is 2. The van der Waals surface area contributed by atoms with E-state index < -0.39 is 0 Å². The quantitative estimate of drug-likeness (QED) is 0.598. The molecule has 1 fully saturated rings. The molecule has 148 valence electrons. The second-order valence-corrected chi connectivity index (χ2v) is 6.13. The van der Waals surface area contributed by atoms with Crippen LogP contribution < -0.4 is 10.6 Å². The maximum atomic E-state index is 11.8. The highest BCUT2D eigenvalue weighted by atomic mass is 16.6. The van der Waals surface area contributed by atoms with Gasteiger partial charge < -0.3 is 25.2 Å². The molecule has 8 heteroatoms. The molecule has 0 unspecified atom stereocenters. The number of rotatable bonds is 5. The lowest BCUT2D eigenvalue weighted by atomic mass is 10.1. The Hall–Kier alpha value is -2.77. The number of nitrogens with zero attached hydrogens (tertiary/aromatic N) is 3. The molecule has 1 saturated heterocycles. The fourth-order valence-corrected chi connectivity index (χ4v) is 2.87. The summed E-state index contributed by atoms with van der Waals surface area (Å²) < 4.78 is 5.04. The molecule has 0 aliphatic carbocycles. The molecule has 1 aromatic rings. The summed E-state index contributed by atoms with van der Waals surface area (Å²) >= 11 is 0. The van der Waals surface area contributed by atoms with Gasteiger partial charge in [-0.05, 0) is 31.5 Å². The Bertz CT molecular complexity index is 652. The SMILES string of the molecule is CCNC(=O)c1ccc(CNC(=NC)N2CCN(C(=O)OCC)CC2)cc1. The predicted octanol–water partition coefficient (Wildman–Crippen LogP) is 1.29. The summed E-state index contributed by atoms with van der Waals surface area (Å²) in [6.07, 6.45) is -0.257. The van der Waals surface area contributed by atoms with E-state index >= 15 is 0 Å². The number of aliphatic imine (C=N–C) groups is 1. The third-order valence-electron chi connectivity index (χ3n) is 4.32. The molecule has 0 spiro atoms. The summed E-state index contributed by atoms with van der Waals surface area (Å²) in [5.74, 6) is 0.735. The van der Waals surface area contributed by atoms with Gasteiger partial charge in [0, 0.05) is 51.9 Å². The van der Waals surface area contributed by atoms with Gasteiger partial charge in [0.05, 0.1) is 6.61 Å². The largest absolute Gasteiger partial charge is 0.450 e. The predicted molar refractivity (Wildman–Crippen MR) is 105 cm³/mol. The van der Waals surface area contributed by atoms with Crippen LogP contribution in [0.1, 0.15) is 29.8 Å². The lowest BCUT2D eigenvalue weighted by Crippen LogP contribution is -2.53. The van der Waals surface area contributed by atoms with E-state index in [-0.39, 0.29) is 12.0 Å². The fraction of sp³-hybridized carbons (Fsp3) is 0.526. The molecular weight excluding hydrogens is 346 g/mol. The summed E-state index contributed by atoms with van der Waals surface area (Å²) in [5, 5.41) is 6.12. The van der Waals surface area contributed by atoms with Crippen LogP contribution in [0.15, 0.2) is 29.3 Å². The maximum absolute atomic E-state index is 11.8. The summed E-state index contributed by atoms with van der Waals surface area (Å²) in [5.41, 5.74) is 1.72. The van der Waals surface area contributed by atoms with Crippen molar-refractivity contribution in [1.29, 1.82) is 0 Å². The van der Waals surface area contributed by atoms with Crippen LogP contribution in [0.5, 0.6) is 0 Å². The Morgan fingerprint density at radius 1 is 1.04 bits per heavy atom. The Morgan fingerprint density at radius 2 is 1.67 bits per heavy atom. The smallest absolute Gasteiger partial charge is 0.409 e. The Balaban J connectivity index is 1.84. The average molecular weight is 375 g/mol. The minimum atomic E-state index is -0.257. The molecule has 0 atom stereocenters. The van der Waals surface area contributed by atoms with Crippen molar-refractivity contribution in [3.05, 3.63) is 35.4 Å². The lowest BCUT2D eigenvalue weighted by Gasteiger charge is -2.35. The van der Waals surface area contributed by atoms with E-state index in [1.807, 2.05) is 38.1 Å². The van der Waals surface area contributed by atoms with Crippen molar-refractivity contribution >= 4 is 18.0 Å². The van der Waals surface area contributed by atoms with Crippen LogP contribution in [0.2, 0.25) is 0 Å². The van der Waals surface area contributed by atoms with Crippen LogP contribution in [-0.4, -0.2) is 74.1 Å². The molecule has 0 bridgehead atoms. The molecule has 0 radical (unpaired) electrons. The molecular formula is C19H29N5O3. The van der Waals surface area contributed by atoms with Gasteiger partial charge in [0.15, 0.2) is 5.96 Å². The van der Waals surface area contributed by atoms with E-state index in [2.05, 4.69) is 20.5 Å². The lowest BCUT2D eigenvalue weighted by molar-refractivity contribution is 0.0913. The summed E-state index contributed by atoms with van der Waals surface area (Å²) in [6.45, 7) is 7.95. The second-order valence-electron chi connectivity index (χ2n) is 6.13. The number of carbonyl (C=O) groups excluding carboxylic acids is 2. The van der Waals surface area contributed by atoms with Crippen molar-refractivity contribution in [1.82, 2.24) is 20.4 Å². The molecule has 8 nitrogen and oxygen atoms in total. The molecule has 1 heterocycles. The topological polar surface area (TPSA) is 86.3 Å². The molecule has 1 aliphatic rings. The molecule has 0 saturated carbocycles. The van der Waals surface area contributed by atoms with Crippen LogP contribution in [0.3, 0.4) is 0 Å². The summed E-state index contributed by atoms with van der Waals surface area (Å²) in [4.78, 5) is 31.8. The van der Waals surface area contributed by atoms with Crippen LogP contribution in [0.4, 0.5) is 4.79 Å². The van der Waals surface area contributed by atoms with E-state index in [0.717, 1.165) is 11.5 Å². The first kappa shape index (κ1) is 20.5. The number of piperazine rings is 1. The Kier molecular flexibility index (Phi) is 7.91. The first-order valence-electron chi connectivity index (χ1n) is 9.33. The normalized spacial score (nSPS) is 14.7. The average Bonchev–Trinajstić information content (AvgIpc) is 2.70. The van der Waals surface area contributed by atoms with Crippen molar-refractivity contribution < 1.29 is 14.3 Å². The fourth-order valence-electron chi connectivity index (χ4n) is 2.87. The van der Waals surface area contributed by atoms with Crippen LogP contribution >= 0.6 is 0 Å². The zero-order valence-corrected chi connectivity index (χ0v) is 16.3. The van der Waals surface area contributed by atoms with Gasteiger partial charge in [0.2, 0.25) is 0 Å². The van der Waals surface area contributed by atoms with Crippen molar-refractivity contribution in [3.63, 3.8) is 0 Å². The minimum Gasteiger partial charge on any atom is -0.450 e. The maximum Gasteiger partial charge on any atom is 0.409 e. The number of hydrogen-bond donors (Lipinski definition) is 2. The number of amides is 2. The molecule has 27 heavy (non-hydrogen) atoms. The van der Waals surface area contributed by atoms with Crippen molar-refractivity contribution in [3.8, 4) is 0 Å². The van der Waals surface area contributed by atoms with Crippen molar-refractivity contribution in [2.45, 2.75) is 20.4 Å². The minimum absolute atomic E-state index is 0.0627. The van der Waals surface area contributed by atoms with Gasteiger partial charge in [-0.15, -0.1) is 0 Å². The van der Waals surface area contributed by atoms with E-state index in [1.54, 1.807) is 11.9 Å². The highest BCUT2D eigenvalue weighted by molar-refractivity contribution is 5.94. The molecule has 2 amide bonds. The van der Waals surface area contributed by atoms with Crippen LogP contribution in [0.25, 0.3) is 0 Å². The van der Waals surface area contributed by atoms with Gasteiger partial charge in [0.25, 0.3) is 5.91 Å². The molecule has 2 rings (SSSR count). The van der Waals surface area contributed by atoms with Gasteiger partial charge in [0.1, 0.15) is 0 Å². The summed E-state index contributed by atoms with van der Waals surface area (Å²) in [7, 11) is 1.75. The van der Waals surface area contributed by atoms with E-state index in [0.29, 0.717) is 51.4 Å². The van der Waals surface area contributed by atoms with E-state index in [9.17, 15) is 9.59 Å². The molecule has 1 aliphatic heterocycles. The van der Waals surface area contributed by atoms with Gasteiger partial charge in [-0.1, -0.05) is 12.1 Å². The van der Waals surface area contributed by atoms with Gasteiger partial charge >= 0.3 is 6.09 Å². The zero-order valence-electron chi connectivity index (χ0n) is 16.3. The number of benzene rings is 1. The second kappa shape index (κ2) is 10.4. The molecule has 1 aromatic carbocycles. The van der Waals surface area contributed by atoms with E-state index in [4.69, 9.17) is 4.74 Å². The standard InChI is InChI=1S/C19H29N5O3/c1-4-21-17(25)16-8-6-15(7-9-16)14-22-18(20-3)23-10-12-24(13-11-23)19(26)27-5-2/h6-9H,4-5,10-14H2,1-3H3,(H,20,22)(H,21,25). The first-order valence-corrected chi connectivity index (χ1v) is 9.33. The number of guanidine groups is 1. The van der Waals surface area contributed by atoms with Crippen molar-refractivity contribution in [2.24, 2.45) is 4.99 Å². The number of ether oxygens (including phenoxy) is 1. The third kappa shape index (κ3) is 5.87. The van der Waals surface area contributed by atoms with Crippen molar-refractivity contribution in [2.75, 3.05) is 46.4 Å². The number of hydrogen-bond acceptors (Lipinski definition) is 4. The van der Waals surface area contributed by atoms with Gasteiger partial charge in [-0.3, -0.25) is 9.79 Å². The molecule has 2 N–H and O–H groups in total. The van der Waals surface area contributed by atoms with Gasteiger partial charge in [-0.25, -0.2) is 4.79 Å². The van der Waals surface area contributed by atoms with E-state index in [1.165, 1.54) is 0 Å². The summed E-state index contributed by atoms with van der Waals surface area (Å²) in [6, 6.07) is 7.51. The highest BCUT2D eigenvalue weighted by Crippen LogP contribution is 2.07. The Morgan fingerprint density at radius 3 is 2.22 bits per heavy atom. The van der Waals surface area contributed by atoms with Gasteiger partial charge in [-0.2, -0.15) is 0 Å². The monoisotopic (exact) mass is 375 g/mol. The first-order chi connectivity index (χ1) is 13.1. The van der Waals surface area contributed by atoms with Crippen LogP contribution in [-0.2, 0) is 11.3 Å².